The molecule has 1 saturated carbocycles. The number of hydrogen-bond acceptors (Lipinski definition) is 2. The average Bonchev–Trinajstić information content (AvgIpc) is 3.16. The van der Waals surface area contributed by atoms with E-state index in [0.717, 1.165) is 19.3 Å². The molecular formula is C18H24N2O3. The monoisotopic (exact) mass is 316 g/mol. The molecule has 1 unspecified atom stereocenters. The Kier molecular flexibility index (Phi) is 4.28. The van der Waals surface area contributed by atoms with Crippen LogP contribution in [0.15, 0.2) is 30.3 Å². The van der Waals surface area contributed by atoms with Gasteiger partial charge in [-0.1, -0.05) is 36.8 Å². The Morgan fingerprint density at radius 3 is 2.65 bits per heavy atom. The van der Waals surface area contributed by atoms with Crippen LogP contribution in [0.2, 0.25) is 0 Å². The number of carbonyl (C=O) groups excluding carboxylic acids is 1. The van der Waals surface area contributed by atoms with Crippen molar-refractivity contribution in [2.24, 2.45) is 5.41 Å². The minimum Gasteiger partial charge on any atom is -0.481 e. The van der Waals surface area contributed by atoms with E-state index in [9.17, 15) is 14.7 Å². The van der Waals surface area contributed by atoms with E-state index in [4.69, 9.17) is 0 Å². The van der Waals surface area contributed by atoms with Crippen molar-refractivity contribution in [2.45, 2.75) is 44.6 Å². The van der Waals surface area contributed by atoms with Crippen molar-refractivity contribution < 1.29 is 14.7 Å². The van der Waals surface area contributed by atoms with Crippen molar-refractivity contribution in [1.29, 1.82) is 0 Å². The summed E-state index contributed by atoms with van der Waals surface area (Å²) < 4.78 is 0. The predicted molar refractivity (Wildman–Crippen MR) is 87.3 cm³/mol. The summed E-state index contributed by atoms with van der Waals surface area (Å²) in [7, 11) is 0. The van der Waals surface area contributed by atoms with Gasteiger partial charge in [-0.15, -0.1) is 0 Å². The number of carboxylic acids is 1. The van der Waals surface area contributed by atoms with E-state index in [1.807, 2.05) is 18.2 Å². The lowest BCUT2D eigenvalue weighted by Crippen LogP contribution is -2.45. The van der Waals surface area contributed by atoms with Crippen LogP contribution in [0.1, 0.15) is 44.1 Å². The molecule has 1 aromatic carbocycles. The summed E-state index contributed by atoms with van der Waals surface area (Å²) in [6.07, 6.45) is 3.69. The van der Waals surface area contributed by atoms with Gasteiger partial charge in [0.15, 0.2) is 0 Å². The number of carbonyl (C=O) groups is 2. The maximum absolute atomic E-state index is 12.5. The highest BCUT2D eigenvalue weighted by atomic mass is 16.4. The molecule has 1 aromatic rings. The Morgan fingerprint density at radius 1 is 1.26 bits per heavy atom. The van der Waals surface area contributed by atoms with Crippen molar-refractivity contribution in [1.82, 2.24) is 10.2 Å². The molecule has 1 heterocycles. The molecule has 3 rings (SSSR count). The van der Waals surface area contributed by atoms with Gasteiger partial charge in [-0.2, -0.15) is 0 Å². The highest BCUT2D eigenvalue weighted by Gasteiger charge is 2.43. The zero-order valence-electron chi connectivity index (χ0n) is 13.5. The van der Waals surface area contributed by atoms with Gasteiger partial charge in [0.2, 0.25) is 0 Å². The average molecular weight is 316 g/mol. The van der Waals surface area contributed by atoms with Crippen molar-refractivity contribution in [3.8, 4) is 0 Å². The van der Waals surface area contributed by atoms with Gasteiger partial charge in [-0.3, -0.25) is 4.79 Å². The van der Waals surface area contributed by atoms with Gasteiger partial charge in [0, 0.05) is 25.0 Å². The van der Waals surface area contributed by atoms with Crippen LogP contribution in [0.25, 0.3) is 0 Å². The van der Waals surface area contributed by atoms with Crippen LogP contribution in [-0.2, 0) is 4.79 Å². The first-order valence-electron chi connectivity index (χ1n) is 8.33. The van der Waals surface area contributed by atoms with Gasteiger partial charge in [-0.25, -0.2) is 4.79 Å². The number of aliphatic carboxylic acids is 1. The van der Waals surface area contributed by atoms with E-state index in [0.29, 0.717) is 18.9 Å². The second kappa shape index (κ2) is 6.22. The number of urea groups is 1. The second-order valence-electron chi connectivity index (χ2n) is 7.04. The van der Waals surface area contributed by atoms with Crippen LogP contribution in [-0.4, -0.2) is 41.1 Å². The first-order chi connectivity index (χ1) is 11.0. The number of hydrogen-bond donors (Lipinski definition) is 2. The predicted octanol–water partition coefficient (Wildman–Crippen LogP) is 2.83. The molecule has 2 amide bonds. The Bertz CT molecular complexity index is 589. The van der Waals surface area contributed by atoms with Crippen LogP contribution >= 0.6 is 0 Å². The molecular weight excluding hydrogens is 292 g/mol. The maximum Gasteiger partial charge on any atom is 0.317 e. The summed E-state index contributed by atoms with van der Waals surface area (Å²) in [4.78, 5) is 25.5. The van der Waals surface area contributed by atoms with Gasteiger partial charge in [0.1, 0.15) is 0 Å². The van der Waals surface area contributed by atoms with E-state index >= 15 is 0 Å². The summed E-state index contributed by atoms with van der Waals surface area (Å²) >= 11 is 0. The highest BCUT2D eigenvalue weighted by molar-refractivity contribution is 5.79. The Balaban J connectivity index is 1.63. The van der Waals surface area contributed by atoms with Gasteiger partial charge < -0.3 is 15.3 Å². The molecule has 124 valence electrons. The lowest BCUT2D eigenvalue weighted by molar-refractivity contribution is -0.146. The molecule has 23 heavy (non-hydrogen) atoms. The topological polar surface area (TPSA) is 69.6 Å². The fraction of sp³-hybridized carbons (Fsp3) is 0.556. The minimum atomic E-state index is -0.823. The van der Waals surface area contributed by atoms with Crippen LogP contribution in [0.3, 0.4) is 0 Å². The van der Waals surface area contributed by atoms with Crippen LogP contribution in [0.5, 0.6) is 0 Å². The van der Waals surface area contributed by atoms with Crippen molar-refractivity contribution in [3.63, 3.8) is 0 Å². The zero-order valence-corrected chi connectivity index (χ0v) is 13.5. The maximum atomic E-state index is 12.5. The van der Waals surface area contributed by atoms with Gasteiger partial charge in [0.05, 0.1) is 5.41 Å². The molecule has 0 radical (unpaired) electrons. The number of carboxylic acid groups (broad SMARTS) is 1. The summed E-state index contributed by atoms with van der Waals surface area (Å²) in [5.74, 6) is -0.468. The molecule has 5 nitrogen and oxygen atoms in total. The minimum absolute atomic E-state index is 0.122. The molecule has 0 aromatic heterocycles. The molecule has 1 aliphatic heterocycles. The second-order valence-corrected chi connectivity index (χ2v) is 7.04. The van der Waals surface area contributed by atoms with E-state index in [-0.39, 0.29) is 18.6 Å². The SMILES string of the molecule is CC1(C(=O)O)CCN(C(=O)N[C@@H]2CCC[C@H]2c2ccccc2)C1. The lowest BCUT2D eigenvalue weighted by atomic mass is 9.90. The van der Waals surface area contributed by atoms with Gasteiger partial charge in [-0.05, 0) is 31.7 Å². The number of likely N-dealkylation sites (tertiary alicyclic amines) is 1. The summed E-state index contributed by atoms with van der Waals surface area (Å²) in [6, 6.07) is 10.3. The summed E-state index contributed by atoms with van der Waals surface area (Å²) in [5, 5.41) is 12.4. The van der Waals surface area contributed by atoms with E-state index in [1.165, 1.54) is 5.56 Å². The van der Waals surface area contributed by atoms with E-state index < -0.39 is 11.4 Å². The number of rotatable bonds is 3. The Labute approximate surface area is 136 Å². The molecule has 2 fully saturated rings. The molecule has 2 N–H and O–H groups in total. The van der Waals surface area contributed by atoms with Crippen molar-refractivity contribution in [3.05, 3.63) is 35.9 Å². The molecule has 2 aliphatic rings. The first-order valence-corrected chi connectivity index (χ1v) is 8.33. The quantitative estimate of drug-likeness (QED) is 0.901. The summed E-state index contributed by atoms with van der Waals surface area (Å²) in [6.45, 7) is 2.51. The molecule has 0 spiro atoms. The van der Waals surface area contributed by atoms with E-state index in [1.54, 1.807) is 11.8 Å². The molecule has 3 atom stereocenters. The normalized spacial score (nSPS) is 30.4. The van der Waals surface area contributed by atoms with Crippen molar-refractivity contribution >= 4 is 12.0 Å². The number of nitrogens with zero attached hydrogens (tertiary/aromatic N) is 1. The lowest BCUT2D eigenvalue weighted by Gasteiger charge is -2.26. The van der Waals surface area contributed by atoms with Gasteiger partial charge >= 0.3 is 12.0 Å². The zero-order chi connectivity index (χ0) is 16.4. The Hall–Kier alpha value is -2.04. The number of amides is 2. The fourth-order valence-corrected chi connectivity index (χ4v) is 3.79. The Morgan fingerprint density at radius 2 is 2.00 bits per heavy atom. The van der Waals surface area contributed by atoms with E-state index in [2.05, 4.69) is 17.4 Å². The third kappa shape index (κ3) is 3.19. The number of nitrogens with one attached hydrogen (secondary N) is 1. The number of benzene rings is 1. The standard InChI is InChI=1S/C18H24N2O3/c1-18(16(21)22)10-11-20(12-18)17(23)19-15-9-5-8-14(15)13-6-3-2-4-7-13/h2-4,6-7,14-15H,5,8-12H2,1H3,(H,19,23)(H,21,22)/t14-,15+,18?/m0/s1. The first kappa shape index (κ1) is 15.8. The van der Waals surface area contributed by atoms with Crippen molar-refractivity contribution in [2.75, 3.05) is 13.1 Å². The highest BCUT2D eigenvalue weighted by Crippen LogP contribution is 2.35. The van der Waals surface area contributed by atoms with Crippen LogP contribution < -0.4 is 5.32 Å². The molecule has 1 saturated heterocycles. The third-order valence-electron chi connectivity index (χ3n) is 5.33. The van der Waals surface area contributed by atoms with Crippen LogP contribution in [0.4, 0.5) is 4.79 Å². The molecule has 0 bridgehead atoms. The van der Waals surface area contributed by atoms with Crippen LogP contribution in [0, 0.1) is 5.41 Å². The smallest absolute Gasteiger partial charge is 0.317 e. The fourth-order valence-electron chi connectivity index (χ4n) is 3.79. The summed E-state index contributed by atoms with van der Waals surface area (Å²) in [5.41, 5.74) is 0.457. The van der Waals surface area contributed by atoms with Gasteiger partial charge in [0.25, 0.3) is 0 Å². The molecule has 1 aliphatic carbocycles. The third-order valence-corrected chi connectivity index (χ3v) is 5.33. The molecule has 5 heteroatoms. The largest absolute Gasteiger partial charge is 0.481 e.